The number of fused-ring (bicyclic) bond motifs is 4. The van der Waals surface area contributed by atoms with Gasteiger partial charge in [0.2, 0.25) is 0 Å². The minimum absolute atomic E-state index is 0.107. The number of carbonyl (C=O) groups is 2. The van der Waals surface area contributed by atoms with E-state index in [0.717, 1.165) is 5.56 Å². The Morgan fingerprint density at radius 3 is 2.60 bits per heavy atom. The topological polar surface area (TPSA) is 106 Å². The molecule has 3 aliphatic carbocycles. The third-order valence-electron chi connectivity index (χ3n) is 8.56. The fourth-order valence-corrected chi connectivity index (χ4v) is 6.94. The molecular formula is C23H32O7. The van der Waals surface area contributed by atoms with E-state index in [2.05, 4.69) is 0 Å². The van der Waals surface area contributed by atoms with E-state index >= 15 is 0 Å². The highest BCUT2D eigenvalue weighted by atomic mass is 16.5. The first-order valence-electron chi connectivity index (χ1n) is 10.7. The zero-order valence-electron chi connectivity index (χ0n) is 18.3. The summed E-state index contributed by atoms with van der Waals surface area (Å²) in [6, 6.07) is 1.76. The van der Waals surface area contributed by atoms with Crippen molar-refractivity contribution < 1.29 is 33.7 Å². The van der Waals surface area contributed by atoms with Gasteiger partial charge in [-0.05, 0) is 30.2 Å². The molecule has 3 aliphatic rings. The number of carbonyl (C=O) groups excluding carboxylic acids is 2. The minimum Gasteiger partial charge on any atom is -0.469 e. The highest BCUT2D eigenvalue weighted by Gasteiger charge is 2.72. The summed E-state index contributed by atoms with van der Waals surface area (Å²) < 4.78 is 16.6. The van der Waals surface area contributed by atoms with E-state index in [1.807, 2.05) is 20.8 Å². The molecule has 0 saturated heterocycles. The second kappa shape index (κ2) is 6.82. The number of hydrogen-bond acceptors (Lipinski definition) is 7. The average Bonchev–Trinajstić information content (AvgIpc) is 3.14. The van der Waals surface area contributed by atoms with Gasteiger partial charge in [0.1, 0.15) is 11.9 Å². The summed E-state index contributed by atoms with van der Waals surface area (Å²) in [5.41, 5.74) is -1.94. The van der Waals surface area contributed by atoms with Crippen LogP contribution in [0.15, 0.2) is 16.7 Å². The Kier molecular flexibility index (Phi) is 4.86. The Bertz CT molecular complexity index is 857. The molecule has 2 N–H and O–H groups in total. The molecule has 166 valence electrons. The van der Waals surface area contributed by atoms with Crippen LogP contribution in [0.5, 0.6) is 0 Å². The third-order valence-corrected chi connectivity index (χ3v) is 8.56. The molecule has 30 heavy (non-hydrogen) atoms. The molecule has 0 aliphatic heterocycles. The quantitative estimate of drug-likeness (QED) is 0.708. The van der Waals surface area contributed by atoms with Gasteiger partial charge in [-0.15, -0.1) is 0 Å². The molecular weight excluding hydrogens is 388 g/mol. The highest BCUT2D eigenvalue weighted by Crippen LogP contribution is 2.67. The van der Waals surface area contributed by atoms with Crippen molar-refractivity contribution in [1.29, 1.82) is 0 Å². The number of esters is 2. The maximum absolute atomic E-state index is 12.8. The standard InChI is InChI=1S/C23H32O7/c1-12(24)30-17-6-8-21(2,3)23(27)11-15(25)19-14(22(17,23)4)10-16-13(7-9-29-16)18(19)20(26)28-5/h7,9,14-15,17-19,25,27H,6,8,10-11H2,1-5H3/t14-,15?,17?,18?,19-,22?,23?/m0/s1. The molecule has 0 spiro atoms. The second-order valence-electron chi connectivity index (χ2n) is 10.1. The third kappa shape index (κ3) is 2.64. The van der Waals surface area contributed by atoms with Gasteiger partial charge in [-0.25, -0.2) is 0 Å². The van der Waals surface area contributed by atoms with Crippen molar-refractivity contribution in [3.63, 3.8) is 0 Å². The molecule has 2 fully saturated rings. The van der Waals surface area contributed by atoms with Gasteiger partial charge in [-0.1, -0.05) is 20.8 Å². The van der Waals surface area contributed by atoms with Gasteiger partial charge >= 0.3 is 11.9 Å². The molecule has 0 bridgehead atoms. The van der Waals surface area contributed by atoms with Crippen LogP contribution in [0.25, 0.3) is 0 Å². The predicted molar refractivity (Wildman–Crippen MR) is 106 cm³/mol. The fraction of sp³-hybridized carbons (Fsp3) is 0.739. The van der Waals surface area contributed by atoms with Crippen LogP contribution in [0.4, 0.5) is 0 Å². The SMILES string of the molecule is COC(=O)C1c2ccoc2C[C@H]2[C@H]1C(O)CC1(O)C(C)(C)CCC(OC(C)=O)C21C. The predicted octanol–water partition coefficient (Wildman–Crippen LogP) is 2.58. The minimum atomic E-state index is -1.29. The number of rotatable bonds is 2. The van der Waals surface area contributed by atoms with Crippen LogP contribution in [0.1, 0.15) is 64.2 Å². The Morgan fingerprint density at radius 1 is 1.27 bits per heavy atom. The van der Waals surface area contributed by atoms with Gasteiger partial charge < -0.3 is 24.1 Å². The Morgan fingerprint density at radius 2 is 1.97 bits per heavy atom. The number of furan rings is 1. The zero-order valence-corrected chi connectivity index (χ0v) is 18.3. The molecule has 1 heterocycles. The number of aliphatic hydroxyl groups is 2. The molecule has 1 aromatic rings. The first-order chi connectivity index (χ1) is 14.0. The summed E-state index contributed by atoms with van der Waals surface area (Å²) in [5, 5.41) is 23.4. The smallest absolute Gasteiger partial charge is 0.313 e. The monoisotopic (exact) mass is 420 g/mol. The summed E-state index contributed by atoms with van der Waals surface area (Å²) in [7, 11) is 1.34. The molecule has 2 saturated carbocycles. The Balaban J connectivity index is 1.91. The van der Waals surface area contributed by atoms with Crippen molar-refractivity contribution in [3.8, 4) is 0 Å². The Labute approximate surface area is 176 Å². The maximum Gasteiger partial charge on any atom is 0.313 e. The van der Waals surface area contributed by atoms with Crippen LogP contribution in [0.2, 0.25) is 0 Å². The van der Waals surface area contributed by atoms with Crippen molar-refractivity contribution in [2.45, 2.75) is 77.1 Å². The van der Waals surface area contributed by atoms with Gasteiger partial charge in [0.25, 0.3) is 0 Å². The van der Waals surface area contributed by atoms with Crippen molar-refractivity contribution in [1.82, 2.24) is 0 Å². The molecule has 7 heteroatoms. The first-order valence-corrected chi connectivity index (χ1v) is 10.7. The van der Waals surface area contributed by atoms with E-state index in [0.29, 0.717) is 25.0 Å². The van der Waals surface area contributed by atoms with E-state index in [9.17, 15) is 19.8 Å². The normalized spacial score (nSPS) is 41.8. The van der Waals surface area contributed by atoms with Crippen LogP contribution in [0, 0.1) is 22.7 Å². The number of methoxy groups -OCH3 is 1. The molecule has 7 nitrogen and oxygen atoms in total. The van der Waals surface area contributed by atoms with Crippen molar-refractivity contribution in [3.05, 3.63) is 23.7 Å². The van der Waals surface area contributed by atoms with Crippen molar-refractivity contribution in [2.75, 3.05) is 7.11 Å². The zero-order chi connectivity index (χ0) is 22.1. The van der Waals surface area contributed by atoms with Crippen LogP contribution < -0.4 is 0 Å². The van der Waals surface area contributed by atoms with Gasteiger partial charge in [0, 0.05) is 36.7 Å². The van der Waals surface area contributed by atoms with E-state index < -0.39 is 52.4 Å². The lowest BCUT2D eigenvalue weighted by atomic mass is 9.40. The number of hydrogen-bond donors (Lipinski definition) is 2. The lowest BCUT2D eigenvalue weighted by molar-refractivity contribution is -0.296. The molecule has 5 unspecified atom stereocenters. The molecule has 1 aromatic heterocycles. The first kappa shape index (κ1) is 21.4. The molecule has 0 aromatic carbocycles. The van der Waals surface area contributed by atoms with Gasteiger partial charge in [0.15, 0.2) is 0 Å². The van der Waals surface area contributed by atoms with E-state index in [1.54, 1.807) is 12.3 Å². The summed E-state index contributed by atoms with van der Waals surface area (Å²) in [6.45, 7) is 7.33. The summed E-state index contributed by atoms with van der Waals surface area (Å²) in [6.07, 6.45) is 1.94. The largest absolute Gasteiger partial charge is 0.469 e. The summed E-state index contributed by atoms with van der Waals surface area (Å²) in [4.78, 5) is 24.8. The Hall–Kier alpha value is -1.86. The highest BCUT2D eigenvalue weighted by molar-refractivity contribution is 5.79. The number of aliphatic hydroxyl groups excluding tert-OH is 1. The van der Waals surface area contributed by atoms with Crippen LogP contribution >= 0.6 is 0 Å². The maximum atomic E-state index is 12.8. The lowest BCUT2D eigenvalue weighted by Gasteiger charge is -2.68. The average molecular weight is 421 g/mol. The summed E-state index contributed by atoms with van der Waals surface area (Å²) in [5.74, 6) is -1.67. The van der Waals surface area contributed by atoms with E-state index in [4.69, 9.17) is 13.9 Å². The van der Waals surface area contributed by atoms with Crippen LogP contribution in [-0.2, 0) is 25.5 Å². The summed E-state index contributed by atoms with van der Waals surface area (Å²) >= 11 is 0. The van der Waals surface area contributed by atoms with Crippen molar-refractivity contribution in [2.24, 2.45) is 22.7 Å². The molecule has 0 amide bonds. The van der Waals surface area contributed by atoms with Gasteiger partial charge in [-0.2, -0.15) is 0 Å². The van der Waals surface area contributed by atoms with E-state index in [-0.39, 0.29) is 12.3 Å². The second-order valence-corrected chi connectivity index (χ2v) is 10.1. The van der Waals surface area contributed by atoms with Crippen molar-refractivity contribution >= 4 is 11.9 Å². The van der Waals surface area contributed by atoms with Crippen LogP contribution in [0.3, 0.4) is 0 Å². The molecule has 4 rings (SSSR count). The van der Waals surface area contributed by atoms with Gasteiger partial charge in [0.05, 0.1) is 31.0 Å². The lowest BCUT2D eigenvalue weighted by Crippen LogP contribution is -2.74. The molecule has 0 radical (unpaired) electrons. The molecule has 7 atom stereocenters. The van der Waals surface area contributed by atoms with Crippen LogP contribution in [-0.4, -0.2) is 47.1 Å². The fourth-order valence-electron chi connectivity index (χ4n) is 6.94. The van der Waals surface area contributed by atoms with Gasteiger partial charge in [-0.3, -0.25) is 9.59 Å². The number of ether oxygens (including phenoxy) is 2. The van der Waals surface area contributed by atoms with E-state index in [1.165, 1.54) is 14.0 Å².